The number of carbonyl (C=O) groups excluding carboxylic acids is 2. The van der Waals surface area contributed by atoms with Crippen molar-refractivity contribution in [2.45, 2.75) is 32.0 Å². The minimum absolute atomic E-state index is 0.0474. The molecule has 0 aliphatic carbocycles. The Morgan fingerprint density at radius 1 is 0.974 bits per heavy atom. The normalized spacial score (nSPS) is 22.7. The van der Waals surface area contributed by atoms with Gasteiger partial charge in [-0.15, -0.1) is 0 Å². The Labute approximate surface area is 226 Å². The van der Waals surface area contributed by atoms with Crippen molar-refractivity contribution in [3.8, 4) is 0 Å². The molecule has 2 aromatic rings. The molecule has 2 aromatic carbocycles. The Kier molecular flexibility index (Phi) is 9.06. The molecule has 3 aliphatic rings. The Hall–Kier alpha value is -2.78. The summed E-state index contributed by atoms with van der Waals surface area (Å²) in [4.78, 5) is 36.3. The average Bonchev–Trinajstić information content (AvgIpc) is 3.42. The Bertz CT molecular complexity index is 1050. The first-order chi connectivity index (χ1) is 18.6. The fraction of sp³-hybridized carbons (Fsp3) is 0.533. The predicted octanol–water partition coefficient (Wildman–Crippen LogP) is 1.84. The van der Waals surface area contributed by atoms with Crippen molar-refractivity contribution in [2.24, 2.45) is 0 Å². The maximum absolute atomic E-state index is 13.8. The lowest BCUT2D eigenvalue weighted by atomic mass is 10.1. The van der Waals surface area contributed by atoms with Gasteiger partial charge in [0.1, 0.15) is 6.04 Å². The van der Waals surface area contributed by atoms with E-state index in [9.17, 15) is 9.59 Å². The van der Waals surface area contributed by atoms with Crippen molar-refractivity contribution in [1.82, 2.24) is 24.9 Å². The lowest BCUT2D eigenvalue weighted by molar-refractivity contribution is -0.135. The Balaban J connectivity index is 1.37. The van der Waals surface area contributed by atoms with Crippen LogP contribution in [0.3, 0.4) is 0 Å². The summed E-state index contributed by atoms with van der Waals surface area (Å²) >= 11 is 0. The molecule has 2 amide bonds. The first kappa shape index (κ1) is 26.8. The first-order valence-electron chi connectivity index (χ1n) is 14.0. The summed E-state index contributed by atoms with van der Waals surface area (Å²) in [6.45, 7) is 11.7. The molecule has 0 saturated carbocycles. The molecule has 8 nitrogen and oxygen atoms in total. The van der Waals surface area contributed by atoms with Gasteiger partial charge in [-0.25, -0.2) is 0 Å². The summed E-state index contributed by atoms with van der Waals surface area (Å²) in [7, 11) is 0. The van der Waals surface area contributed by atoms with Crippen LogP contribution in [0.5, 0.6) is 0 Å². The van der Waals surface area contributed by atoms with Crippen LogP contribution in [0.4, 0.5) is 0 Å². The van der Waals surface area contributed by atoms with Gasteiger partial charge in [-0.2, -0.15) is 0 Å². The minimum Gasteiger partial charge on any atom is -0.379 e. The van der Waals surface area contributed by atoms with E-state index in [1.807, 2.05) is 47.1 Å². The molecular formula is C30H41N5O3. The van der Waals surface area contributed by atoms with Crippen LogP contribution in [0.1, 0.15) is 27.9 Å². The lowest BCUT2D eigenvalue weighted by Crippen LogP contribution is -2.53. The number of hydrogen-bond donors (Lipinski definition) is 1. The smallest absolute Gasteiger partial charge is 0.254 e. The van der Waals surface area contributed by atoms with Crippen molar-refractivity contribution in [1.29, 1.82) is 0 Å². The van der Waals surface area contributed by atoms with Crippen LogP contribution < -0.4 is 5.32 Å². The number of piperazine rings is 1. The third kappa shape index (κ3) is 6.61. The highest BCUT2D eigenvalue weighted by molar-refractivity contribution is 5.98. The highest BCUT2D eigenvalue weighted by Crippen LogP contribution is 2.27. The van der Waals surface area contributed by atoms with E-state index < -0.39 is 6.04 Å². The van der Waals surface area contributed by atoms with Crippen LogP contribution in [0.25, 0.3) is 0 Å². The Morgan fingerprint density at radius 3 is 2.39 bits per heavy atom. The zero-order valence-electron chi connectivity index (χ0n) is 22.6. The summed E-state index contributed by atoms with van der Waals surface area (Å²) in [6, 6.07) is 17.9. The number of rotatable bonds is 8. The summed E-state index contributed by atoms with van der Waals surface area (Å²) in [5.74, 6) is 0.0381. The summed E-state index contributed by atoms with van der Waals surface area (Å²) in [5, 5.41) is 3.33. The number of nitrogens with one attached hydrogen (secondary N) is 1. The molecule has 1 N–H and O–H groups in total. The zero-order valence-corrected chi connectivity index (χ0v) is 22.6. The van der Waals surface area contributed by atoms with E-state index in [1.165, 1.54) is 5.56 Å². The molecule has 0 aromatic heterocycles. The number of ether oxygens (including phenoxy) is 1. The molecule has 8 heteroatoms. The average molecular weight is 520 g/mol. The van der Waals surface area contributed by atoms with Crippen LogP contribution in [0.15, 0.2) is 54.6 Å². The van der Waals surface area contributed by atoms with Gasteiger partial charge in [0.2, 0.25) is 5.91 Å². The maximum atomic E-state index is 13.8. The van der Waals surface area contributed by atoms with E-state index in [-0.39, 0.29) is 17.9 Å². The maximum Gasteiger partial charge on any atom is 0.254 e. The summed E-state index contributed by atoms with van der Waals surface area (Å²) in [5.41, 5.74) is 3.02. The van der Waals surface area contributed by atoms with E-state index in [0.717, 1.165) is 64.6 Å². The van der Waals surface area contributed by atoms with Crippen molar-refractivity contribution in [3.05, 3.63) is 71.3 Å². The van der Waals surface area contributed by atoms with Gasteiger partial charge in [-0.3, -0.25) is 19.4 Å². The van der Waals surface area contributed by atoms with E-state index in [4.69, 9.17) is 4.74 Å². The number of hydrogen-bond acceptors (Lipinski definition) is 6. The standard InChI is InChI=1S/C30H41N5O3/c1-24-7-9-26(10-8-24)29(36)35-23-27(21-28(35)30(37)33-13-11-31-12-14-33)34(22-25-5-3-2-4-6-25)16-15-32-17-19-38-20-18-32/h2-10,27-28,31H,11-23H2,1H3. The van der Waals surface area contributed by atoms with Crippen molar-refractivity contribution < 1.29 is 14.3 Å². The fourth-order valence-electron chi connectivity index (χ4n) is 5.80. The monoisotopic (exact) mass is 519 g/mol. The second kappa shape index (κ2) is 12.8. The minimum atomic E-state index is -0.437. The molecule has 2 atom stereocenters. The van der Waals surface area contributed by atoms with Crippen molar-refractivity contribution >= 4 is 11.8 Å². The zero-order chi connectivity index (χ0) is 26.3. The molecule has 0 bridgehead atoms. The van der Waals surface area contributed by atoms with Crippen molar-refractivity contribution in [2.75, 3.05) is 72.1 Å². The quantitative estimate of drug-likeness (QED) is 0.574. The molecule has 2 unspecified atom stereocenters. The predicted molar refractivity (Wildman–Crippen MR) is 148 cm³/mol. The molecule has 0 radical (unpaired) electrons. The van der Waals surface area contributed by atoms with Gasteiger partial charge in [0.05, 0.1) is 13.2 Å². The lowest BCUT2D eigenvalue weighted by Gasteiger charge is -2.33. The summed E-state index contributed by atoms with van der Waals surface area (Å²) in [6.07, 6.45) is 0.663. The second-order valence-corrected chi connectivity index (χ2v) is 10.7. The third-order valence-corrected chi connectivity index (χ3v) is 8.10. The van der Waals surface area contributed by atoms with Gasteiger partial charge in [-0.05, 0) is 31.0 Å². The number of aryl methyl sites for hydroxylation is 1. The van der Waals surface area contributed by atoms with Gasteiger partial charge in [0.25, 0.3) is 5.91 Å². The first-order valence-corrected chi connectivity index (χ1v) is 14.0. The number of nitrogens with zero attached hydrogens (tertiary/aromatic N) is 4. The Morgan fingerprint density at radius 2 is 1.68 bits per heavy atom. The van der Waals surface area contributed by atoms with Crippen LogP contribution in [-0.4, -0.2) is 116 Å². The third-order valence-electron chi connectivity index (χ3n) is 8.10. The van der Waals surface area contributed by atoms with Crippen LogP contribution >= 0.6 is 0 Å². The topological polar surface area (TPSA) is 68.4 Å². The van der Waals surface area contributed by atoms with E-state index >= 15 is 0 Å². The van der Waals surface area contributed by atoms with Crippen LogP contribution in [-0.2, 0) is 16.1 Å². The molecule has 3 saturated heterocycles. The molecule has 0 spiro atoms. The van der Waals surface area contributed by atoms with Crippen LogP contribution in [0, 0.1) is 6.92 Å². The number of carbonyl (C=O) groups is 2. The number of morpholine rings is 1. The number of likely N-dealkylation sites (tertiary alicyclic amines) is 1. The number of amides is 2. The molecule has 3 heterocycles. The van der Waals surface area contributed by atoms with Gasteiger partial charge in [0, 0.05) is 77.1 Å². The summed E-state index contributed by atoms with van der Waals surface area (Å²) < 4.78 is 5.54. The molecular weight excluding hydrogens is 478 g/mol. The highest BCUT2D eigenvalue weighted by atomic mass is 16.5. The van der Waals surface area contributed by atoms with Gasteiger partial charge >= 0.3 is 0 Å². The SMILES string of the molecule is Cc1ccc(C(=O)N2CC(N(CCN3CCOCC3)Cc3ccccc3)CC2C(=O)N2CCNCC2)cc1. The van der Waals surface area contributed by atoms with E-state index in [0.29, 0.717) is 31.6 Å². The van der Waals surface area contributed by atoms with Gasteiger partial charge in [-0.1, -0.05) is 48.0 Å². The number of benzene rings is 2. The second-order valence-electron chi connectivity index (χ2n) is 10.7. The van der Waals surface area contributed by atoms with Gasteiger partial charge in [0.15, 0.2) is 0 Å². The highest BCUT2D eigenvalue weighted by Gasteiger charge is 2.43. The molecule has 204 valence electrons. The van der Waals surface area contributed by atoms with Crippen LogP contribution in [0.2, 0.25) is 0 Å². The molecule has 38 heavy (non-hydrogen) atoms. The largest absolute Gasteiger partial charge is 0.379 e. The molecule has 5 rings (SSSR count). The molecule has 3 fully saturated rings. The fourth-order valence-corrected chi connectivity index (χ4v) is 5.80. The van der Waals surface area contributed by atoms with Gasteiger partial charge < -0.3 is 19.9 Å². The van der Waals surface area contributed by atoms with Crippen molar-refractivity contribution in [3.63, 3.8) is 0 Å². The molecule has 3 aliphatic heterocycles. The van der Waals surface area contributed by atoms with E-state index in [2.05, 4.69) is 39.4 Å². The van der Waals surface area contributed by atoms with E-state index in [1.54, 1.807) is 0 Å².